The van der Waals surface area contributed by atoms with Gasteiger partial charge in [-0.25, -0.2) is 4.79 Å². The molecule has 9 heteroatoms. The van der Waals surface area contributed by atoms with Gasteiger partial charge >= 0.3 is 12.2 Å². The molecule has 6 nitrogen and oxygen atoms in total. The van der Waals surface area contributed by atoms with Crippen LogP contribution in [0.5, 0.6) is 0 Å². The molecule has 1 unspecified atom stereocenters. The highest BCUT2D eigenvalue weighted by atomic mass is 19.4. The van der Waals surface area contributed by atoms with Crippen LogP contribution in [0.3, 0.4) is 0 Å². The molecule has 0 radical (unpaired) electrons. The van der Waals surface area contributed by atoms with Gasteiger partial charge in [0.1, 0.15) is 12.6 Å². The Morgan fingerprint density at radius 1 is 1.17 bits per heavy atom. The molecular weight excluding hydrogens is 325 g/mol. The van der Waals surface area contributed by atoms with E-state index in [4.69, 9.17) is 0 Å². The van der Waals surface area contributed by atoms with E-state index in [9.17, 15) is 22.8 Å². The number of nitrogens with one attached hydrogen (secondary N) is 4. The molecule has 4 N–H and O–H groups in total. The van der Waals surface area contributed by atoms with Crippen LogP contribution in [-0.2, 0) is 4.79 Å². The lowest BCUT2D eigenvalue weighted by atomic mass is 10.2. The number of benzene rings is 1. The first-order valence-electron chi connectivity index (χ1n) is 7.08. The fourth-order valence-corrected chi connectivity index (χ4v) is 1.65. The largest absolute Gasteiger partial charge is 0.405 e. The van der Waals surface area contributed by atoms with Gasteiger partial charge in [0.2, 0.25) is 5.91 Å². The van der Waals surface area contributed by atoms with Crippen molar-refractivity contribution in [3.05, 3.63) is 36.9 Å². The molecule has 1 atom stereocenters. The van der Waals surface area contributed by atoms with Crippen molar-refractivity contribution in [2.45, 2.75) is 19.1 Å². The lowest BCUT2D eigenvalue weighted by molar-refractivity contribution is -0.138. The Bertz CT molecular complexity index is 573. The summed E-state index contributed by atoms with van der Waals surface area (Å²) in [5.41, 5.74) is 1.05. The fourth-order valence-electron chi connectivity index (χ4n) is 1.65. The Hall–Kier alpha value is -2.71. The van der Waals surface area contributed by atoms with Crippen LogP contribution in [0, 0.1) is 0 Å². The summed E-state index contributed by atoms with van der Waals surface area (Å²) in [5, 5.41) is 9.70. The first-order chi connectivity index (χ1) is 11.2. The van der Waals surface area contributed by atoms with Gasteiger partial charge < -0.3 is 21.3 Å². The molecule has 0 saturated heterocycles. The van der Waals surface area contributed by atoms with Gasteiger partial charge in [0.05, 0.1) is 0 Å². The monoisotopic (exact) mass is 344 g/mol. The van der Waals surface area contributed by atoms with E-state index >= 15 is 0 Å². The van der Waals surface area contributed by atoms with Gasteiger partial charge in [-0.3, -0.25) is 4.79 Å². The summed E-state index contributed by atoms with van der Waals surface area (Å²) in [6.45, 7) is 3.87. The number of rotatable bonds is 7. The third kappa shape index (κ3) is 7.52. The number of amides is 3. The van der Waals surface area contributed by atoms with E-state index in [0.29, 0.717) is 17.9 Å². The molecule has 0 aromatic heterocycles. The maximum atomic E-state index is 12.1. The van der Waals surface area contributed by atoms with Gasteiger partial charge in [0.15, 0.2) is 0 Å². The van der Waals surface area contributed by atoms with E-state index in [0.717, 1.165) is 0 Å². The number of halogens is 3. The molecule has 0 aliphatic rings. The van der Waals surface area contributed by atoms with Gasteiger partial charge in [-0.1, -0.05) is 6.08 Å². The summed E-state index contributed by atoms with van der Waals surface area (Å²) in [4.78, 5) is 23.0. The average Bonchev–Trinajstić information content (AvgIpc) is 2.51. The molecule has 1 rings (SSSR count). The Labute approximate surface area is 137 Å². The SMILES string of the molecule is C=CCNC(=O)Nc1ccc(NC(C)C(=O)NCC(F)(F)F)cc1. The lowest BCUT2D eigenvalue weighted by Crippen LogP contribution is -2.42. The van der Waals surface area contributed by atoms with Crippen LogP contribution in [0.2, 0.25) is 0 Å². The molecule has 132 valence electrons. The van der Waals surface area contributed by atoms with Crippen LogP contribution < -0.4 is 21.3 Å². The Morgan fingerprint density at radius 2 is 1.75 bits per heavy atom. The lowest BCUT2D eigenvalue weighted by Gasteiger charge is -2.16. The minimum absolute atomic E-state index is 0.329. The molecule has 3 amide bonds. The van der Waals surface area contributed by atoms with Crippen LogP contribution in [-0.4, -0.2) is 37.2 Å². The maximum Gasteiger partial charge on any atom is 0.405 e. The highest BCUT2D eigenvalue weighted by molar-refractivity contribution is 5.89. The zero-order chi connectivity index (χ0) is 18.2. The standard InChI is InChI=1S/C15H19F3N4O2/c1-3-8-19-14(24)22-12-6-4-11(5-7-12)21-10(2)13(23)20-9-15(16,17)18/h3-7,10,21H,1,8-9H2,2H3,(H,20,23)(H2,19,22,24). The van der Waals surface area contributed by atoms with Crippen molar-refractivity contribution < 1.29 is 22.8 Å². The number of carbonyl (C=O) groups is 2. The van der Waals surface area contributed by atoms with Crippen molar-refractivity contribution in [1.29, 1.82) is 0 Å². The van der Waals surface area contributed by atoms with Gasteiger partial charge in [0.25, 0.3) is 0 Å². The van der Waals surface area contributed by atoms with Crippen molar-refractivity contribution >= 4 is 23.3 Å². The molecular formula is C15H19F3N4O2. The molecule has 0 heterocycles. The minimum atomic E-state index is -4.45. The van der Waals surface area contributed by atoms with E-state index in [1.807, 2.05) is 0 Å². The van der Waals surface area contributed by atoms with Crippen LogP contribution in [0.1, 0.15) is 6.92 Å². The summed E-state index contributed by atoms with van der Waals surface area (Å²) >= 11 is 0. The minimum Gasteiger partial charge on any atom is -0.374 e. The highest BCUT2D eigenvalue weighted by Crippen LogP contribution is 2.15. The molecule has 0 aliphatic heterocycles. The van der Waals surface area contributed by atoms with Gasteiger partial charge in [-0.05, 0) is 31.2 Å². The molecule has 0 fully saturated rings. The van der Waals surface area contributed by atoms with Gasteiger partial charge in [-0.15, -0.1) is 6.58 Å². The van der Waals surface area contributed by atoms with E-state index in [1.165, 1.54) is 13.0 Å². The van der Waals surface area contributed by atoms with Crippen molar-refractivity contribution in [2.24, 2.45) is 0 Å². The molecule has 0 saturated carbocycles. The normalized spacial score (nSPS) is 12.0. The zero-order valence-corrected chi connectivity index (χ0v) is 13.0. The molecule has 0 spiro atoms. The number of urea groups is 1. The topological polar surface area (TPSA) is 82.3 Å². The summed E-state index contributed by atoms with van der Waals surface area (Å²) in [5.74, 6) is -0.765. The van der Waals surface area contributed by atoms with Crippen LogP contribution in [0.25, 0.3) is 0 Å². The molecule has 24 heavy (non-hydrogen) atoms. The zero-order valence-electron chi connectivity index (χ0n) is 13.0. The highest BCUT2D eigenvalue weighted by Gasteiger charge is 2.28. The number of hydrogen-bond acceptors (Lipinski definition) is 3. The summed E-state index contributed by atoms with van der Waals surface area (Å²) < 4.78 is 36.2. The Morgan fingerprint density at radius 3 is 2.29 bits per heavy atom. The quantitative estimate of drug-likeness (QED) is 0.574. The second kappa shape index (κ2) is 8.80. The van der Waals surface area contributed by atoms with Gasteiger partial charge in [-0.2, -0.15) is 13.2 Å². The van der Waals surface area contributed by atoms with E-state index in [1.54, 1.807) is 29.6 Å². The Balaban J connectivity index is 2.49. The first-order valence-corrected chi connectivity index (χ1v) is 7.08. The van der Waals surface area contributed by atoms with Crippen molar-refractivity contribution in [3.8, 4) is 0 Å². The molecule has 1 aromatic rings. The van der Waals surface area contributed by atoms with E-state index in [-0.39, 0.29) is 0 Å². The second-order valence-corrected chi connectivity index (χ2v) is 4.90. The predicted octanol–water partition coefficient (Wildman–Crippen LogP) is 2.47. The van der Waals surface area contributed by atoms with Gasteiger partial charge in [0, 0.05) is 17.9 Å². The second-order valence-electron chi connectivity index (χ2n) is 4.90. The molecule has 1 aromatic carbocycles. The molecule has 0 bridgehead atoms. The number of anilines is 2. The Kier molecular flexibility index (Phi) is 7.09. The van der Waals surface area contributed by atoms with Crippen molar-refractivity contribution in [2.75, 3.05) is 23.7 Å². The smallest absolute Gasteiger partial charge is 0.374 e. The predicted molar refractivity (Wildman–Crippen MR) is 85.8 cm³/mol. The maximum absolute atomic E-state index is 12.1. The van der Waals surface area contributed by atoms with Crippen molar-refractivity contribution in [3.63, 3.8) is 0 Å². The van der Waals surface area contributed by atoms with Crippen LogP contribution in [0.15, 0.2) is 36.9 Å². The fraction of sp³-hybridized carbons (Fsp3) is 0.333. The number of carbonyl (C=O) groups excluding carboxylic acids is 2. The van der Waals surface area contributed by atoms with E-state index in [2.05, 4.69) is 22.5 Å². The summed E-state index contributed by atoms with van der Waals surface area (Å²) in [6.07, 6.45) is -2.91. The van der Waals surface area contributed by atoms with Crippen LogP contribution in [0.4, 0.5) is 29.3 Å². The number of alkyl halides is 3. The van der Waals surface area contributed by atoms with Crippen LogP contribution >= 0.6 is 0 Å². The summed E-state index contributed by atoms with van der Waals surface area (Å²) in [7, 11) is 0. The third-order valence-electron chi connectivity index (χ3n) is 2.79. The first kappa shape index (κ1) is 19.3. The average molecular weight is 344 g/mol. The summed E-state index contributed by atoms with van der Waals surface area (Å²) in [6, 6.07) is 5.14. The number of hydrogen-bond donors (Lipinski definition) is 4. The van der Waals surface area contributed by atoms with Crippen molar-refractivity contribution in [1.82, 2.24) is 10.6 Å². The van der Waals surface area contributed by atoms with E-state index < -0.39 is 30.7 Å². The molecule has 0 aliphatic carbocycles. The third-order valence-corrected chi connectivity index (χ3v) is 2.79.